The molecule has 1 rings (SSSR count). The van der Waals surface area contributed by atoms with E-state index in [4.69, 9.17) is 11.6 Å². The van der Waals surface area contributed by atoms with E-state index in [2.05, 4.69) is 4.84 Å². The molecule has 1 aromatic carbocycles. The Morgan fingerprint density at radius 2 is 2.07 bits per heavy atom. The van der Waals surface area contributed by atoms with Gasteiger partial charge in [-0.3, -0.25) is 4.84 Å². The largest absolute Gasteiger partial charge is 0.290 e. The van der Waals surface area contributed by atoms with Gasteiger partial charge in [0.05, 0.1) is 12.9 Å². The second kappa shape index (κ2) is 4.75. The van der Waals surface area contributed by atoms with Gasteiger partial charge in [-0.1, -0.05) is 34.7 Å². The third-order valence-electron chi connectivity index (χ3n) is 1.51. The molecule has 78 valence electrons. The molecular formula is C8H10ClNO3S. The van der Waals surface area contributed by atoms with Crippen LogP contribution < -0.4 is 4.89 Å². The van der Waals surface area contributed by atoms with Crippen LogP contribution in [0.15, 0.2) is 24.3 Å². The first-order chi connectivity index (χ1) is 6.55. The van der Waals surface area contributed by atoms with Crippen molar-refractivity contribution in [2.75, 3.05) is 7.11 Å². The van der Waals surface area contributed by atoms with E-state index in [-0.39, 0.29) is 5.75 Å². The van der Waals surface area contributed by atoms with Crippen LogP contribution in [-0.4, -0.2) is 15.5 Å². The predicted molar refractivity (Wildman–Crippen MR) is 54.2 cm³/mol. The van der Waals surface area contributed by atoms with Gasteiger partial charge in [0.25, 0.3) is 0 Å². The SMILES string of the molecule is CONS(=O)(=O)Cc1ccccc1Cl. The minimum Gasteiger partial charge on any atom is -0.290 e. The summed E-state index contributed by atoms with van der Waals surface area (Å²) < 4.78 is 22.5. The van der Waals surface area contributed by atoms with Gasteiger partial charge in [0.1, 0.15) is 0 Å². The number of benzene rings is 1. The van der Waals surface area contributed by atoms with Crippen molar-refractivity contribution in [3.05, 3.63) is 34.9 Å². The van der Waals surface area contributed by atoms with Gasteiger partial charge in [-0.25, -0.2) is 8.42 Å². The Morgan fingerprint density at radius 1 is 1.43 bits per heavy atom. The lowest BCUT2D eigenvalue weighted by atomic mass is 10.2. The molecule has 6 heteroatoms. The Morgan fingerprint density at radius 3 is 2.64 bits per heavy atom. The molecule has 0 heterocycles. The van der Waals surface area contributed by atoms with Crippen molar-refractivity contribution in [3.63, 3.8) is 0 Å². The molecule has 0 spiro atoms. The third-order valence-corrected chi connectivity index (χ3v) is 2.99. The van der Waals surface area contributed by atoms with Crippen LogP contribution in [0.3, 0.4) is 0 Å². The molecule has 0 fully saturated rings. The highest BCUT2D eigenvalue weighted by Crippen LogP contribution is 2.16. The maximum atomic E-state index is 11.3. The zero-order chi connectivity index (χ0) is 10.6. The molecule has 0 aliphatic rings. The highest BCUT2D eigenvalue weighted by molar-refractivity contribution is 7.88. The summed E-state index contributed by atoms with van der Waals surface area (Å²) in [4.78, 5) is 6.25. The fraction of sp³-hybridized carbons (Fsp3) is 0.250. The van der Waals surface area contributed by atoms with Gasteiger partial charge in [-0.2, -0.15) is 0 Å². The lowest BCUT2D eigenvalue weighted by molar-refractivity contribution is 0.153. The summed E-state index contributed by atoms with van der Waals surface area (Å²) in [5.41, 5.74) is 0.540. The van der Waals surface area contributed by atoms with Crippen molar-refractivity contribution in [2.24, 2.45) is 0 Å². The standard InChI is InChI=1S/C8H10ClNO3S/c1-13-10-14(11,12)6-7-4-2-3-5-8(7)9/h2-5,10H,6H2,1H3. The first-order valence-electron chi connectivity index (χ1n) is 3.81. The minimum atomic E-state index is -3.46. The van der Waals surface area contributed by atoms with E-state index < -0.39 is 10.0 Å². The van der Waals surface area contributed by atoms with Crippen LogP contribution in [0.4, 0.5) is 0 Å². The quantitative estimate of drug-likeness (QED) is 0.801. The van der Waals surface area contributed by atoms with Crippen molar-refractivity contribution in [3.8, 4) is 0 Å². The van der Waals surface area contributed by atoms with E-state index in [1.54, 1.807) is 24.3 Å². The number of nitrogens with one attached hydrogen (secondary N) is 1. The second-order valence-corrected chi connectivity index (χ2v) is 4.73. The highest BCUT2D eigenvalue weighted by Gasteiger charge is 2.12. The summed E-state index contributed by atoms with van der Waals surface area (Å²) in [5.74, 6) is -0.194. The minimum absolute atomic E-state index is 0.194. The van der Waals surface area contributed by atoms with Crippen LogP contribution in [0.25, 0.3) is 0 Å². The molecule has 0 atom stereocenters. The zero-order valence-corrected chi connectivity index (χ0v) is 9.10. The lowest BCUT2D eigenvalue weighted by Crippen LogP contribution is -2.23. The number of sulfonamides is 1. The summed E-state index contributed by atoms with van der Waals surface area (Å²) in [6.07, 6.45) is 0. The fourth-order valence-electron chi connectivity index (χ4n) is 0.977. The highest BCUT2D eigenvalue weighted by atomic mass is 35.5. The van der Waals surface area contributed by atoms with Crippen LogP contribution in [0.5, 0.6) is 0 Å². The summed E-state index contributed by atoms with van der Waals surface area (Å²) in [6, 6.07) is 6.75. The molecular weight excluding hydrogens is 226 g/mol. The number of hydrogen-bond acceptors (Lipinski definition) is 3. The summed E-state index contributed by atoms with van der Waals surface area (Å²) >= 11 is 5.80. The third kappa shape index (κ3) is 3.26. The predicted octanol–water partition coefficient (Wildman–Crippen LogP) is 1.32. The monoisotopic (exact) mass is 235 g/mol. The fourth-order valence-corrected chi connectivity index (χ4v) is 2.23. The summed E-state index contributed by atoms with van der Waals surface area (Å²) in [6.45, 7) is 0. The van der Waals surface area contributed by atoms with Gasteiger partial charge < -0.3 is 0 Å². The average molecular weight is 236 g/mol. The van der Waals surface area contributed by atoms with Crippen molar-refractivity contribution in [2.45, 2.75) is 5.75 Å². The zero-order valence-electron chi connectivity index (χ0n) is 7.53. The van der Waals surface area contributed by atoms with Gasteiger partial charge >= 0.3 is 0 Å². The van der Waals surface area contributed by atoms with Crippen LogP contribution in [-0.2, 0) is 20.6 Å². The topological polar surface area (TPSA) is 55.4 Å². The maximum absolute atomic E-state index is 11.3. The van der Waals surface area contributed by atoms with E-state index in [0.717, 1.165) is 0 Å². The Kier molecular flexibility index (Phi) is 3.88. The molecule has 0 bridgehead atoms. The molecule has 0 aliphatic carbocycles. The number of halogens is 1. The summed E-state index contributed by atoms with van der Waals surface area (Å²) in [5, 5.41) is 0.425. The lowest BCUT2D eigenvalue weighted by Gasteiger charge is -2.05. The molecule has 0 saturated heterocycles. The van der Waals surface area contributed by atoms with Crippen LogP contribution in [0, 0.1) is 0 Å². The number of rotatable bonds is 4. The smallest absolute Gasteiger partial charge is 0.237 e. The first-order valence-corrected chi connectivity index (χ1v) is 5.84. The van der Waals surface area contributed by atoms with E-state index in [9.17, 15) is 8.42 Å². The normalized spacial score (nSPS) is 11.6. The molecule has 0 radical (unpaired) electrons. The Hall–Kier alpha value is -0.620. The molecule has 0 amide bonds. The van der Waals surface area contributed by atoms with E-state index in [1.165, 1.54) is 7.11 Å². The molecule has 0 unspecified atom stereocenters. The van der Waals surface area contributed by atoms with Gasteiger partial charge in [-0.15, -0.1) is 0 Å². The van der Waals surface area contributed by atoms with Gasteiger partial charge in [0, 0.05) is 5.02 Å². The molecule has 14 heavy (non-hydrogen) atoms. The maximum Gasteiger partial charge on any atom is 0.237 e. The molecule has 1 N–H and O–H groups in total. The Balaban J connectivity index is 2.84. The molecule has 1 aromatic rings. The molecule has 0 aromatic heterocycles. The first kappa shape index (κ1) is 11.5. The van der Waals surface area contributed by atoms with Crippen molar-refractivity contribution in [1.29, 1.82) is 0 Å². The average Bonchev–Trinajstić information content (AvgIpc) is 2.08. The Bertz CT molecular complexity index is 405. The van der Waals surface area contributed by atoms with E-state index in [1.807, 2.05) is 4.89 Å². The molecule has 0 aliphatic heterocycles. The van der Waals surface area contributed by atoms with Crippen LogP contribution >= 0.6 is 11.6 Å². The van der Waals surface area contributed by atoms with Crippen LogP contribution in [0.1, 0.15) is 5.56 Å². The second-order valence-electron chi connectivity index (χ2n) is 2.64. The van der Waals surface area contributed by atoms with Gasteiger partial charge in [0.15, 0.2) is 0 Å². The van der Waals surface area contributed by atoms with Crippen LogP contribution in [0.2, 0.25) is 5.02 Å². The van der Waals surface area contributed by atoms with E-state index in [0.29, 0.717) is 10.6 Å². The van der Waals surface area contributed by atoms with Gasteiger partial charge in [0.2, 0.25) is 10.0 Å². The van der Waals surface area contributed by atoms with Crippen molar-refractivity contribution in [1.82, 2.24) is 4.89 Å². The molecule has 4 nitrogen and oxygen atoms in total. The van der Waals surface area contributed by atoms with Crippen molar-refractivity contribution >= 4 is 21.6 Å². The van der Waals surface area contributed by atoms with Crippen molar-refractivity contribution < 1.29 is 13.3 Å². The number of hydrogen-bond donors (Lipinski definition) is 1. The molecule has 0 saturated carbocycles. The summed E-state index contributed by atoms with van der Waals surface area (Å²) in [7, 11) is -2.22. The van der Waals surface area contributed by atoms with E-state index >= 15 is 0 Å². The Labute approximate surface area is 87.8 Å². The van der Waals surface area contributed by atoms with Gasteiger partial charge in [-0.05, 0) is 11.6 Å².